The molecule has 0 saturated carbocycles. The second-order valence-electron chi connectivity index (χ2n) is 8.84. The first-order chi connectivity index (χ1) is 14.5. The van der Waals surface area contributed by atoms with Gasteiger partial charge in [0.1, 0.15) is 0 Å². The summed E-state index contributed by atoms with van der Waals surface area (Å²) in [6, 6.07) is 12.7. The van der Waals surface area contributed by atoms with Crippen molar-refractivity contribution in [2.45, 2.75) is 75.3 Å². The van der Waals surface area contributed by atoms with Gasteiger partial charge in [0.15, 0.2) is 0 Å². The summed E-state index contributed by atoms with van der Waals surface area (Å²) in [5.41, 5.74) is 1.41. The zero-order chi connectivity index (χ0) is 22.8. The van der Waals surface area contributed by atoms with E-state index in [9.17, 15) is 16.8 Å². The molecule has 31 heavy (non-hydrogen) atoms. The van der Waals surface area contributed by atoms with Crippen molar-refractivity contribution >= 4 is 25.7 Å². The fourth-order valence-electron chi connectivity index (χ4n) is 4.18. The van der Waals surface area contributed by atoms with Crippen molar-refractivity contribution in [2.24, 2.45) is 5.92 Å². The smallest absolute Gasteiger partial charge is 0.261 e. The first kappa shape index (κ1) is 23.8. The van der Waals surface area contributed by atoms with Gasteiger partial charge in [0.05, 0.1) is 9.79 Å². The highest BCUT2D eigenvalue weighted by atomic mass is 32.2. The van der Waals surface area contributed by atoms with Gasteiger partial charge < -0.3 is 0 Å². The van der Waals surface area contributed by atoms with E-state index in [1.807, 2.05) is 26.0 Å². The Morgan fingerprint density at radius 2 is 1.39 bits per heavy atom. The van der Waals surface area contributed by atoms with Crippen LogP contribution in [0.3, 0.4) is 0 Å². The second-order valence-corrected chi connectivity index (χ2v) is 12.4. The maximum atomic E-state index is 13.1. The molecule has 170 valence electrons. The van der Waals surface area contributed by atoms with Gasteiger partial charge in [0.25, 0.3) is 10.0 Å². The standard InChI is InChI=1S/C23H32N2O4S2/c1-17(2)16-20-8-12-22(13-9-20)30(26,27)24-21-10-14-23(15-11-21)31(28,29)25-18(3)6-5-7-19(25)4/h8-15,17-19,24H,5-7,16H2,1-4H3/t18-,19-/m0/s1. The SMILES string of the molecule is CC(C)Cc1ccc(S(=O)(=O)Nc2ccc(S(=O)(=O)N3[C@@H](C)CCC[C@@H]3C)cc2)cc1. The molecule has 1 N–H and O–H groups in total. The van der Waals surface area contributed by atoms with Gasteiger partial charge in [-0.15, -0.1) is 0 Å². The van der Waals surface area contributed by atoms with Gasteiger partial charge in [-0.1, -0.05) is 32.4 Å². The van der Waals surface area contributed by atoms with E-state index in [4.69, 9.17) is 0 Å². The molecule has 1 aliphatic rings. The van der Waals surface area contributed by atoms with Crippen molar-refractivity contribution < 1.29 is 16.8 Å². The van der Waals surface area contributed by atoms with Crippen LogP contribution in [0.5, 0.6) is 0 Å². The summed E-state index contributed by atoms with van der Waals surface area (Å²) >= 11 is 0. The van der Waals surface area contributed by atoms with Gasteiger partial charge in [-0.25, -0.2) is 16.8 Å². The summed E-state index contributed by atoms with van der Waals surface area (Å²) in [6.45, 7) is 8.09. The fraction of sp³-hybridized carbons (Fsp3) is 0.478. The number of anilines is 1. The maximum Gasteiger partial charge on any atom is 0.261 e. The maximum absolute atomic E-state index is 13.1. The Kier molecular flexibility index (Phi) is 7.13. The number of piperidine rings is 1. The molecule has 3 rings (SSSR count). The Morgan fingerprint density at radius 3 is 1.90 bits per heavy atom. The van der Waals surface area contributed by atoms with Gasteiger partial charge in [0, 0.05) is 17.8 Å². The van der Waals surface area contributed by atoms with Crippen LogP contribution in [0, 0.1) is 5.92 Å². The Balaban J connectivity index is 1.77. The molecule has 0 aliphatic carbocycles. The van der Waals surface area contributed by atoms with Crippen molar-refractivity contribution in [1.82, 2.24) is 4.31 Å². The average Bonchev–Trinajstić information content (AvgIpc) is 2.68. The third-order valence-corrected chi connectivity index (χ3v) is 9.21. The molecule has 2 aromatic carbocycles. The number of hydrogen-bond donors (Lipinski definition) is 1. The number of nitrogens with one attached hydrogen (secondary N) is 1. The zero-order valence-corrected chi connectivity index (χ0v) is 20.2. The molecule has 0 aromatic heterocycles. The quantitative estimate of drug-likeness (QED) is 0.647. The minimum atomic E-state index is -3.75. The molecule has 6 nitrogen and oxygen atoms in total. The fourth-order valence-corrected chi connectivity index (χ4v) is 7.12. The predicted molar refractivity (Wildman–Crippen MR) is 124 cm³/mol. The molecule has 2 aromatic rings. The number of rotatable bonds is 7. The van der Waals surface area contributed by atoms with E-state index >= 15 is 0 Å². The normalized spacial score (nSPS) is 20.7. The van der Waals surface area contributed by atoms with Crippen LogP contribution in [0.15, 0.2) is 58.3 Å². The number of benzene rings is 2. The van der Waals surface area contributed by atoms with Crippen molar-refractivity contribution in [3.63, 3.8) is 0 Å². The van der Waals surface area contributed by atoms with Gasteiger partial charge in [-0.05, 0) is 81.0 Å². The average molecular weight is 465 g/mol. The number of sulfonamides is 2. The molecule has 1 heterocycles. The number of nitrogens with zero attached hydrogens (tertiary/aromatic N) is 1. The Morgan fingerprint density at radius 1 is 0.871 bits per heavy atom. The molecule has 1 fully saturated rings. The lowest BCUT2D eigenvalue weighted by atomic mass is 10.0. The minimum Gasteiger partial charge on any atom is -0.280 e. The van der Waals surface area contributed by atoms with Crippen LogP contribution in [-0.4, -0.2) is 33.2 Å². The first-order valence-electron chi connectivity index (χ1n) is 10.8. The molecule has 0 radical (unpaired) electrons. The third kappa shape index (κ3) is 5.48. The van der Waals surface area contributed by atoms with E-state index < -0.39 is 20.0 Å². The highest BCUT2D eigenvalue weighted by Crippen LogP contribution is 2.30. The predicted octanol–water partition coefficient (Wildman–Crippen LogP) is 4.64. The van der Waals surface area contributed by atoms with Crippen LogP contribution in [0.1, 0.15) is 52.5 Å². The topological polar surface area (TPSA) is 83.5 Å². The van der Waals surface area contributed by atoms with Crippen LogP contribution in [0.2, 0.25) is 0 Å². The summed E-state index contributed by atoms with van der Waals surface area (Å²) in [7, 11) is -7.39. The van der Waals surface area contributed by atoms with E-state index in [0.29, 0.717) is 11.6 Å². The Labute approximate surface area is 186 Å². The molecule has 1 aliphatic heterocycles. The lowest BCUT2D eigenvalue weighted by Crippen LogP contribution is -2.47. The molecule has 0 unspecified atom stereocenters. The third-order valence-electron chi connectivity index (χ3n) is 5.67. The monoisotopic (exact) mass is 464 g/mol. The highest BCUT2D eigenvalue weighted by Gasteiger charge is 2.35. The Hall–Kier alpha value is -1.90. The molecule has 1 saturated heterocycles. The highest BCUT2D eigenvalue weighted by molar-refractivity contribution is 7.92. The lowest BCUT2D eigenvalue weighted by Gasteiger charge is -2.37. The molecule has 0 amide bonds. The molecular formula is C23H32N2O4S2. The summed E-state index contributed by atoms with van der Waals surface area (Å²) in [4.78, 5) is 0.349. The van der Waals surface area contributed by atoms with Gasteiger partial charge in [-0.3, -0.25) is 4.72 Å². The summed E-state index contributed by atoms with van der Waals surface area (Å²) in [5, 5.41) is 0. The Bertz CT molecular complexity index is 1080. The van der Waals surface area contributed by atoms with Crippen molar-refractivity contribution in [2.75, 3.05) is 4.72 Å². The molecule has 8 heteroatoms. The van der Waals surface area contributed by atoms with Gasteiger partial charge in [0.2, 0.25) is 10.0 Å². The lowest BCUT2D eigenvalue weighted by molar-refractivity contribution is 0.204. The van der Waals surface area contributed by atoms with Crippen LogP contribution in [-0.2, 0) is 26.5 Å². The van der Waals surface area contributed by atoms with Crippen molar-refractivity contribution in [1.29, 1.82) is 0 Å². The van der Waals surface area contributed by atoms with E-state index in [1.54, 1.807) is 16.4 Å². The van der Waals surface area contributed by atoms with Crippen LogP contribution in [0.25, 0.3) is 0 Å². The molecule has 0 spiro atoms. The summed E-state index contributed by atoms with van der Waals surface area (Å²) in [5.74, 6) is 0.492. The second kappa shape index (κ2) is 9.30. The van der Waals surface area contributed by atoms with Crippen molar-refractivity contribution in [3.05, 3.63) is 54.1 Å². The summed E-state index contributed by atoms with van der Waals surface area (Å²) < 4.78 is 55.8. The van der Waals surface area contributed by atoms with Gasteiger partial charge >= 0.3 is 0 Å². The molecular weight excluding hydrogens is 432 g/mol. The number of hydrogen-bond acceptors (Lipinski definition) is 4. The molecule has 0 bridgehead atoms. The van der Waals surface area contributed by atoms with E-state index in [0.717, 1.165) is 31.2 Å². The molecule has 2 atom stereocenters. The van der Waals surface area contributed by atoms with Crippen LogP contribution >= 0.6 is 0 Å². The van der Waals surface area contributed by atoms with E-state index in [1.165, 1.54) is 24.3 Å². The van der Waals surface area contributed by atoms with Crippen LogP contribution in [0.4, 0.5) is 5.69 Å². The first-order valence-corrected chi connectivity index (χ1v) is 13.7. The minimum absolute atomic E-state index is 0.0504. The van der Waals surface area contributed by atoms with E-state index in [2.05, 4.69) is 18.6 Å². The van der Waals surface area contributed by atoms with E-state index in [-0.39, 0.29) is 21.9 Å². The zero-order valence-electron chi connectivity index (χ0n) is 18.6. The van der Waals surface area contributed by atoms with Crippen molar-refractivity contribution in [3.8, 4) is 0 Å². The van der Waals surface area contributed by atoms with Gasteiger partial charge in [-0.2, -0.15) is 4.31 Å². The largest absolute Gasteiger partial charge is 0.280 e. The summed E-state index contributed by atoms with van der Waals surface area (Å²) in [6.07, 6.45) is 3.60. The van der Waals surface area contributed by atoms with Crippen LogP contribution < -0.4 is 4.72 Å².